The number of hydrogen-bond donors (Lipinski definition) is 2. The Morgan fingerprint density at radius 1 is 1.25 bits per heavy atom. The highest BCUT2D eigenvalue weighted by atomic mass is 16.5. The second-order valence-corrected chi connectivity index (χ2v) is 3.81. The largest absolute Gasteiger partial charge is 0.497 e. The molecule has 110 valence electrons. The number of aromatic carboxylic acids is 1. The van der Waals surface area contributed by atoms with Gasteiger partial charge in [0.1, 0.15) is 12.4 Å². The Bertz CT molecular complexity index is 474. The van der Waals surface area contributed by atoms with Gasteiger partial charge in [0.25, 0.3) is 0 Å². The maximum absolute atomic E-state index is 11.6. The predicted octanol–water partition coefficient (Wildman–Crippen LogP) is 0.995. The number of carboxylic acids is 1. The Morgan fingerprint density at radius 2 is 2.00 bits per heavy atom. The molecule has 1 amide bonds. The van der Waals surface area contributed by atoms with Crippen molar-refractivity contribution in [3.05, 3.63) is 23.8 Å². The molecule has 0 bridgehead atoms. The number of benzene rings is 1. The summed E-state index contributed by atoms with van der Waals surface area (Å²) in [6.07, 6.45) is 0. The van der Waals surface area contributed by atoms with Gasteiger partial charge in [-0.15, -0.1) is 0 Å². The lowest BCUT2D eigenvalue weighted by Gasteiger charge is -2.10. The summed E-state index contributed by atoms with van der Waals surface area (Å²) in [6.45, 7) is 0.503. The molecule has 0 aliphatic rings. The molecule has 0 saturated heterocycles. The van der Waals surface area contributed by atoms with Gasteiger partial charge in [0.05, 0.1) is 31.6 Å². The smallest absolute Gasteiger partial charge is 0.337 e. The van der Waals surface area contributed by atoms with E-state index >= 15 is 0 Å². The minimum absolute atomic E-state index is 0.0467. The summed E-state index contributed by atoms with van der Waals surface area (Å²) >= 11 is 0. The summed E-state index contributed by atoms with van der Waals surface area (Å²) in [5, 5.41) is 11.6. The van der Waals surface area contributed by atoms with E-state index in [0.29, 0.717) is 19.0 Å². The number of amides is 1. The van der Waals surface area contributed by atoms with Crippen molar-refractivity contribution in [3.8, 4) is 5.75 Å². The Balaban J connectivity index is 2.66. The van der Waals surface area contributed by atoms with Crippen LogP contribution >= 0.6 is 0 Å². The van der Waals surface area contributed by atoms with Crippen LogP contribution in [0.2, 0.25) is 0 Å². The van der Waals surface area contributed by atoms with Crippen LogP contribution in [0.1, 0.15) is 10.4 Å². The topological polar surface area (TPSA) is 94.1 Å². The molecule has 0 saturated carbocycles. The minimum atomic E-state index is -1.15. The number of hydrogen-bond acceptors (Lipinski definition) is 5. The third-order valence-electron chi connectivity index (χ3n) is 2.40. The summed E-state index contributed by atoms with van der Waals surface area (Å²) in [7, 11) is 2.96. The Labute approximate surface area is 116 Å². The van der Waals surface area contributed by atoms with Crippen LogP contribution in [0, 0.1) is 0 Å². The van der Waals surface area contributed by atoms with Crippen LogP contribution < -0.4 is 10.1 Å². The van der Waals surface area contributed by atoms with E-state index in [1.165, 1.54) is 26.4 Å². The molecule has 0 aliphatic heterocycles. The van der Waals surface area contributed by atoms with E-state index in [0.717, 1.165) is 0 Å². The number of carbonyl (C=O) groups is 2. The highest BCUT2D eigenvalue weighted by Gasteiger charge is 2.13. The molecule has 2 N–H and O–H groups in total. The highest BCUT2D eigenvalue weighted by molar-refractivity contribution is 6.01. The van der Waals surface area contributed by atoms with E-state index in [2.05, 4.69) is 5.32 Å². The number of ether oxygens (including phenoxy) is 3. The van der Waals surface area contributed by atoms with Crippen LogP contribution in [0.25, 0.3) is 0 Å². The van der Waals surface area contributed by atoms with Crippen molar-refractivity contribution in [1.82, 2.24) is 0 Å². The molecule has 0 spiro atoms. The van der Waals surface area contributed by atoms with Gasteiger partial charge in [-0.2, -0.15) is 0 Å². The van der Waals surface area contributed by atoms with Crippen molar-refractivity contribution in [2.75, 3.05) is 39.4 Å². The van der Waals surface area contributed by atoms with Gasteiger partial charge in [-0.25, -0.2) is 4.79 Å². The van der Waals surface area contributed by atoms with Crippen LogP contribution in [-0.4, -0.2) is 51.0 Å². The summed E-state index contributed by atoms with van der Waals surface area (Å²) in [4.78, 5) is 22.7. The van der Waals surface area contributed by atoms with Crippen molar-refractivity contribution in [2.24, 2.45) is 0 Å². The van der Waals surface area contributed by atoms with E-state index in [4.69, 9.17) is 19.3 Å². The van der Waals surface area contributed by atoms with Gasteiger partial charge in [0.15, 0.2) is 0 Å². The maximum atomic E-state index is 11.6. The minimum Gasteiger partial charge on any atom is -0.497 e. The van der Waals surface area contributed by atoms with Gasteiger partial charge in [0, 0.05) is 7.11 Å². The van der Waals surface area contributed by atoms with Crippen LogP contribution in [0.3, 0.4) is 0 Å². The summed E-state index contributed by atoms with van der Waals surface area (Å²) in [6, 6.07) is 4.37. The fourth-order valence-corrected chi connectivity index (χ4v) is 1.43. The molecular weight excluding hydrogens is 266 g/mol. The molecule has 0 radical (unpaired) electrons. The van der Waals surface area contributed by atoms with Crippen LogP contribution in [0.4, 0.5) is 5.69 Å². The monoisotopic (exact) mass is 283 g/mol. The Hall–Kier alpha value is -2.12. The summed E-state index contributed by atoms with van der Waals surface area (Å²) < 4.78 is 14.8. The molecule has 0 aromatic heterocycles. The average Bonchev–Trinajstić information content (AvgIpc) is 2.43. The molecule has 0 aliphatic carbocycles. The first-order chi connectivity index (χ1) is 9.58. The second kappa shape index (κ2) is 8.13. The molecule has 1 aromatic carbocycles. The molecule has 7 nitrogen and oxygen atoms in total. The van der Waals surface area contributed by atoms with E-state index in [-0.39, 0.29) is 17.9 Å². The molecule has 0 unspecified atom stereocenters. The van der Waals surface area contributed by atoms with E-state index in [1.54, 1.807) is 6.07 Å². The number of rotatable bonds is 8. The molecule has 0 heterocycles. The zero-order valence-electron chi connectivity index (χ0n) is 11.3. The van der Waals surface area contributed by atoms with Crippen molar-refractivity contribution < 1.29 is 28.9 Å². The van der Waals surface area contributed by atoms with Crippen molar-refractivity contribution >= 4 is 17.6 Å². The number of nitrogens with one attached hydrogen (secondary N) is 1. The fraction of sp³-hybridized carbons (Fsp3) is 0.385. The molecule has 1 rings (SSSR count). The van der Waals surface area contributed by atoms with Crippen LogP contribution in [0.15, 0.2) is 18.2 Å². The zero-order chi connectivity index (χ0) is 15.0. The lowest BCUT2D eigenvalue weighted by Crippen LogP contribution is -2.21. The summed E-state index contributed by atoms with van der Waals surface area (Å²) in [5.41, 5.74) is 0.147. The van der Waals surface area contributed by atoms with Crippen molar-refractivity contribution in [2.45, 2.75) is 0 Å². The van der Waals surface area contributed by atoms with Crippen molar-refractivity contribution in [3.63, 3.8) is 0 Å². The molecule has 20 heavy (non-hydrogen) atoms. The third-order valence-corrected chi connectivity index (χ3v) is 2.40. The van der Waals surface area contributed by atoms with E-state index in [9.17, 15) is 9.59 Å². The molecule has 0 atom stereocenters. The average molecular weight is 283 g/mol. The number of anilines is 1. The molecule has 1 aromatic rings. The predicted molar refractivity (Wildman–Crippen MR) is 71.3 cm³/mol. The van der Waals surface area contributed by atoms with Crippen LogP contribution in [-0.2, 0) is 14.3 Å². The van der Waals surface area contributed by atoms with Gasteiger partial charge >= 0.3 is 5.97 Å². The quantitative estimate of drug-likeness (QED) is 0.691. The number of carboxylic acid groups (broad SMARTS) is 1. The fourth-order valence-electron chi connectivity index (χ4n) is 1.43. The second-order valence-electron chi connectivity index (χ2n) is 3.81. The Morgan fingerprint density at radius 3 is 2.60 bits per heavy atom. The molecule has 0 fully saturated rings. The number of carbonyl (C=O) groups excluding carboxylic acids is 1. The van der Waals surface area contributed by atoms with Crippen LogP contribution in [0.5, 0.6) is 5.75 Å². The normalized spacial score (nSPS) is 10.1. The maximum Gasteiger partial charge on any atom is 0.337 e. The summed E-state index contributed by atoms with van der Waals surface area (Å²) in [5.74, 6) is -1.19. The van der Waals surface area contributed by atoms with E-state index < -0.39 is 11.9 Å². The highest BCUT2D eigenvalue weighted by Crippen LogP contribution is 2.22. The van der Waals surface area contributed by atoms with E-state index in [1.807, 2.05) is 0 Å². The van der Waals surface area contributed by atoms with Crippen molar-refractivity contribution in [1.29, 1.82) is 0 Å². The van der Waals surface area contributed by atoms with Gasteiger partial charge in [-0.05, 0) is 18.2 Å². The lowest BCUT2D eigenvalue weighted by atomic mass is 10.1. The first-order valence-corrected chi connectivity index (χ1v) is 5.86. The molecule has 7 heteroatoms. The lowest BCUT2D eigenvalue weighted by molar-refractivity contribution is -0.121. The molecular formula is C13H17NO6. The van der Waals surface area contributed by atoms with Gasteiger partial charge in [-0.1, -0.05) is 0 Å². The van der Waals surface area contributed by atoms with Gasteiger partial charge < -0.3 is 24.6 Å². The first kappa shape index (κ1) is 15.9. The number of methoxy groups -OCH3 is 2. The van der Waals surface area contributed by atoms with Gasteiger partial charge in [-0.3, -0.25) is 4.79 Å². The Kier molecular flexibility index (Phi) is 6.48. The van der Waals surface area contributed by atoms with Gasteiger partial charge in [0.2, 0.25) is 5.91 Å². The standard InChI is InChI=1S/C13H17NO6/c1-18-5-6-20-8-12(15)14-11-4-3-9(19-2)7-10(11)13(16)17/h3-4,7H,5-6,8H2,1-2H3,(H,14,15)(H,16,17). The first-order valence-electron chi connectivity index (χ1n) is 5.86. The third kappa shape index (κ3) is 4.87. The zero-order valence-corrected chi connectivity index (χ0v) is 11.3. The SMILES string of the molecule is COCCOCC(=O)Nc1ccc(OC)cc1C(=O)O.